The van der Waals surface area contributed by atoms with E-state index < -0.39 is 11.9 Å². The number of carbonyl (C=O) groups excluding carboxylic acids is 1. The number of rotatable bonds is 5. The molecule has 2 aromatic heterocycles. The average Bonchev–Trinajstić information content (AvgIpc) is 3.28. The Morgan fingerprint density at radius 1 is 1.14 bits per heavy atom. The third-order valence-electron chi connectivity index (χ3n) is 4.53. The smallest absolute Gasteiger partial charge is 0.287 e. The van der Waals surface area contributed by atoms with Crippen LogP contribution in [0.2, 0.25) is 0 Å². The molecule has 4 rings (SSSR count). The number of amides is 1. The molecule has 2 N–H and O–H groups in total. The van der Waals surface area contributed by atoms with Crippen LogP contribution in [0.4, 0.5) is 0 Å². The fourth-order valence-corrected chi connectivity index (χ4v) is 3.22. The Morgan fingerprint density at radius 3 is 2.68 bits per heavy atom. The number of furan rings is 1. The van der Waals surface area contributed by atoms with Gasteiger partial charge < -0.3 is 19.6 Å². The minimum absolute atomic E-state index is 0.0384. The number of benzene rings is 2. The number of aromatic hydroxyl groups is 1. The highest BCUT2D eigenvalue weighted by Crippen LogP contribution is 2.41. The molecule has 6 nitrogen and oxygen atoms in total. The van der Waals surface area contributed by atoms with Crippen molar-refractivity contribution in [1.29, 1.82) is 0 Å². The van der Waals surface area contributed by atoms with Crippen LogP contribution in [0, 0.1) is 0 Å². The van der Waals surface area contributed by atoms with Crippen molar-refractivity contribution < 1.29 is 19.1 Å². The summed E-state index contributed by atoms with van der Waals surface area (Å²) in [6.45, 7) is 0. The van der Waals surface area contributed by atoms with E-state index in [-0.39, 0.29) is 11.5 Å². The molecule has 0 fully saturated rings. The quantitative estimate of drug-likeness (QED) is 0.550. The molecule has 28 heavy (non-hydrogen) atoms. The number of hydrogen-bond acceptors (Lipinski definition) is 5. The average molecular weight is 374 g/mol. The summed E-state index contributed by atoms with van der Waals surface area (Å²) in [6.07, 6.45) is 3.04. The molecule has 0 aliphatic heterocycles. The SMILES string of the molecule is COc1cc2cccnc2c(O)c1C(NC(=O)c1ccco1)c1ccccc1. The number of carbonyl (C=O) groups is 1. The van der Waals surface area contributed by atoms with Crippen LogP contribution in [0.1, 0.15) is 27.7 Å². The first-order valence-corrected chi connectivity index (χ1v) is 8.73. The van der Waals surface area contributed by atoms with Gasteiger partial charge in [-0.3, -0.25) is 9.78 Å². The van der Waals surface area contributed by atoms with Crippen molar-refractivity contribution in [3.05, 3.63) is 90.0 Å². The predicted molar refractivity (Wildman–Crippen MR) is 104 cm³/mol. The molecule has 1 unspecified atom stereocenters. The van der Waals surface area contributed by atoms with Crippen molar-refractivity contribution in [1.82, 2.24) is 10.3 Å². The molecular formula is C22H18N2O4. The number of pyridine rings is 1. The van der Waals surface area contributed by atoms with Gasteiger partial charge in [0.1, 0.15) is 11.3 Å². The van der Waals surface area contributed by atoms with E-state index in [0.717, 1.165) is 10.9 Å². The number of hydrogen-bond donors (Lipinski definition) is 2. The van der Waals surface area contributed by atoms with Crippen LogP contribution < -0.4 is 10.1 Å². The van der Waals surface area contributed by atoms with Crippen molar-refractivity contribution in [2.45, 2.75) is 6.04 Å². The third kappa shape index (κ3) is 3.16. The lowest BCUT2D eigenvalue weighted by Crippen LogP contribution is -2.29. The van der Waals surface area contributed by atoms with Crippen LogP contribution >= 0.6 is 0 Å². The fourth-order valence-electron chi connectivity index (χ4n) is 3.22. The van der Waals surface area contributed by atoms with Crippen molar-refractivity contribution >= 4 is 16.8 Å². The highest BCUT2D eigenvalue weighted by atomic mass is 16.5. The molecule has 1 amide bonds. The second kappa shape index (κ2) is 7.44. The van der Waals surface area contributed by atoms with E-state index in [2.05, 4.69) is 10.3 Å². The number of ether oxygens (including phenoxy) is 1. The van der Waals surface area contributed by atoms with Gasteiger partial charge in [0.15, 0.2) is 11.5 Å². The van der Waals surface area contributed by atoms with E-state index in [9.17, 15) is 9.90 Å². The van der Waals surface area contributed by atoms with Gasteiger partial charge in [-0.1, -0.05) is 36.4 Å². The molecule has 2 aromatic carbocycles. The van der Waals surface area contributed by atoms with Gasteiger partial charge in [-0.15, -0.1) is 0 Å². The highest BCUT2D eigenvalue weighted by Gasteiger charge is 2.27. The molecule has 0 bridgehead atoms. The van der Waals surface area contributed by atoms with E-state index in [1.165, 1.54) is 13.4 Å². The number of phenols is 1. The molecule has 0 saturated heterocycles. The Hall–Kier alpha value is -3.80. The molecule has 0 aliphatic rings. The highest BCUT2D eigenvalue weighted by molar-refractivity contribution is 5.93. The normalized spacial score (nSPS) is 11.9. The lowest BCUT2D eigenvalue weighted by molar-refractivity contribution is 0.0914. The van der Waals surface area contributed by atoms with Crippen molar-refractivity contribution in [2.75, 3.05) is 7.11 Å². The zero-order valence-corrected chi connectivity index (χ0v) is 15.1. The third-order valence-corrected chi connectivity index (χ3v) is 4.53. The first-order chi connectivity index (χ1) is 13.7. The van der Waals surface area contributed by atoms with Crippen LogP contribution in [-0.4, -0.2) is 23.1 Å². The number of methoxy groups -OCH3 is 1. The maximum Gasteiger partial charge on any atom is 0.287 e. The van der Waals surface area contributed by atoms with Gasteiger partial charge in [0.25, 0.3) is 5.91 Å². The van der Waals surface area contributed by atoms with Crippen molar-refractivity contribution in [3.63, 3.8) is 0 Å². The number of aromatic nitrogens is 1. The summed E-state index contributed by atoms with van der Waals surface area (Å²) in [5.74, 6) is 0.190. The number of phenolic OH excluding ortho intramolecular Hbond substituents is 1. The van der Waals surface area contributed by atoms with Gasteiger partial charge in [-0.25, -0.2) is 0 Å². The lowest BCUT2D eigenvalue weighted by Gasteiger charge is -2.23. The second-order valence-electron chi connectivity index (χ2n) is 6.21. The summed E-state index contributed by atoms with van der Waals surface area (Å²) >= 11 is 0. The summed E-state index contributed by atoms with van der Waals surface area (Å²) in [6, 6.07) is 17.3. The molecule has 1 atom stereocenters. The van der Waals surface area contributed by atoms with Gasteiger partial charge >= 0.3 is 0 Å². The van der Waals surface area contributed by atoms with Gasteiger partial charge in [0.05, 0.1) is 25.0 Å². The van der Waals surface area contributed by atoms with E-state index in [1.807, 2.05) is 36.4 Å². The molecule has 4 aromatic rings. The summed E-state index contributed by atoms with van der Waals surface area (Å²) in [5.41, 5.74) is 1.65. The van der Waals surface area contributed by atoms with E-state index in [1.54, 1.807) is 30.5 Å². The molecule has 0 aliphatic carbocycles. The van der Waals surface area contributed by atoms with Gasteiger partial charge in [-0.2, -0.15) is 0 Å². The Balaban J connectivity index is 1.89. The molecular weight excluding hydrogens is 356 g/mol. The topological polar surface area (TPSA) is 84.6 Å². The minimum atomic E-state index is -0.667. The summed E-state index contributed by atoms with van der Waals surface area (Å²) in [7, 11) is 1.52. The molecule has 0 saturated carbocycles. The van der Waals surface area contributed by atoms with Crippen molar-refractivity contribution in [2.24, 2.45) is 0 Å². The largest absolute Gasteiger partial charge is 0.505 e. The van der Waals surface area contributed by atoms with E-state index >= 15 is 0 Å². The number of nitrogens with zero attached hydrogens (tertiary/aromatic N) is 1. The van der Waals surface area contributed by atoms with Crippen LogP contribution in [0.25, 0.3) is 10.9 Å². The molecule has 0 spiro atoms. The Morgan fingerprint density at radius 2 is 1.96 bits per heavy atom. The maximum absolute atomic E-state index is 12.7. The zero-order chi connectivity index (χ0) is 19.5. The van der Waals surface area contributed by atoms with Crippen LogP contribution in [0.3, 0.4) is 0 Å². The van der Waals surface area contributed by atoms with Gasteiger partial charge in [0, 0.05) is 11.6 Å². The van der Waals surface area contributed by atoms with Crippen LogP contribution in [0.15, 0.2) is 77.5 Å². The molecule has 6 heteroatoms. The van der Waals surface area contributed by atoms with Gasteiger partial charge in [-0.05, 0) is 29.8 Å². The van der Waals surface area contributed by atoms with Gasteiger partial charge in [0.2, 0.25) is 0 Å². The first kappa shape index (κ1) is 17.6. The predicted octanol–water partition coefficient (Wildman–Crippen LogP) is 4.06. The summed E-state index contributed by atoms with van der Waals surface area (Å²) in [4.78, 5) is 17.0. The molecule has 2 heterocycles. The Labute approximate surface area is 161 Å². The molecule has 0 radical (unpaired) electrons. The maximum atomic E-state index is 12.7. The number of fused-ring (bicyclic) bond motifs is 1. The minimum Gasteiger partial charge on any atom is -0.505 e. The Kier molecular flexibility index (Phi) is 4.68. The Bertz CT molecular complexity index is 1110. The van der Waals surface area contributed by atoms with E-state index in [0.29, 0.717) is 16.8 Å². The number of nitrogens with one attached hydrogen (secondary N) is 1. The van der Waals surface area contributed by atoms with E-state index in [4.69, 9.17) is 9.15 Å². The second-order valence-corrected chi connectivity index (χ2v) is 6.21. The summed E-state index contributed by atoms with van der Waals surface area (Å²) < 4.78 is 10.8. The zero-order valence-electron chi connectivity index (χ0n) is 15.1. The first-order valence-electron chi connectivity index (χ1n) is 8.73. The monoisotopic (exact) mass is 374 g/mol. The lowest BCUT2D eigenvalue weighted by atomic mass is 9.95. The van der Waals surface area contributed by atoms with Crippen molar-refractivity contribution in [3.8, 4) is 11.5 Å². The fraction of sp³-hybridized carbons (Fsp3) is 0.0909. The molecule has 140 valence electrons. The standard InChI is InChI=1S/C22H18N2O4/c1-27-17-13-15-9-5-11-23-20(15)21(25)18(17)19(14-7-3-2-4-8-14)24-22(26)16-10-6-12-28-16/h2-13,19,25H,1H3,(H,24,26). The summed E-state index contributed by atoms with van der Waals surface area (Å²) in [5, 5.41) is 14.7. The van der Waals surface area contributed by atoms with Crippen LogP contribution in [0.5, 0.6) is 11.5 Å². The van der Waals surface area contributed by atoms with Crippen LogP contribution in [-0.2, 0) is 0 Å².